The van der Waals surface area contributed by atoms with E-state index in [0.717, 1.165) is 11.3 Å². The van der Waals surface area contributed by atoms with Gasteiger partial charge in [0, 0.05) is 12.7 Å². The summed E-state index contributed by atoms with van der Waals surface area (Å²) in [6.45, 7) is 0.449. The molecule has 2 N–H and O–H groups in total. The molecule has 1 aromatic carbocycles. The molecule has 1 aromatic heterocycles. The van der Waals surface area contributed by atoms with Crippen molar-refractivity contribution in [1.82, 2.24) is 10.3 Å². The van der Waals surface area contributed by atoms with E-state index in [0.29, 0.717) is 13.0 Å². The maximum Gasteiger partial charge on any atom is 0.321 e. The average molecular weight is 256 g/mol. The SMILES string of the molecule is O=C(O)C(Cc1ccccc1)NCc1ccccn1. The first-order valence-electron chi connectivity index (χ1n) is 6.16. The fourth-order valence-electron chi connectivity index (χ4n) is 1.83. The number of carboxylic acids is 1. The molecule has 4 heteroatoms. The minimum Gasteiger partial charge on any atom is -0.480 e. The number of carboxylic acid groups (broad SMARTS) is 1. The second-order valence-corrected chi connectivity index (χ2v) is 4.28. The lowest BCUT2D eigenvalue weighted by molar-refractivity contribution is -0.139. The molecule has 0 aliphatic heterocycles. The van der Waals surface area contributed by atoms with E-state index in [9.17, 15) is 9.90 Å². The second-order valence-electron chi connectivity index (χ2n) is 4.28. The van der Waals surface area contributed by atoms with Crippen LogP contribution in [0.25, 0.3) is 0 Å². The molecule has 0 saturated heterocycles. The number of hydrogen-bond acceptors (Lipinski definition) is 3. The quantitative estimate of drug-likeness (QED) is 0.828. The van der Waals surface area contributed by atoms with E-state index in [1.165, 1.54) is 0 Å². The Morgan fingerprint density at radius 1 is 1.16 bits per heavy atom. The standard InChI is InChI=1S/C15H16N2O2/c18-15(19)14(10-12-6-2-1-3-7-12)17-11-13-8-4-5-9-16-13/h1-9,14,17H,10-11H2,(H,18,19). The monoisotopic (exact) mass is 256 g/mol. The molecule has 4 nitrogen and oxygen atoms in total. The summed E-state index contributed by atoms with van der Waals surface area (Å²) in [4.78, 5) is 15.4. The van der Waals surface area contributed by atoms with Gasteiger partial charge in [-0.3, -0.25) is 15.1 Å². The van der Waals surface area contributed by atoms with Crippen LogP contribution in [0.4, 0.5) is 0 Å². The van der Waals surface area contributed by atoms with Crippen LogP contribution >= 0.6 is 0 Å². The largest absolute Gasteiger partial charge is 0.480 e. The fraction of sp³-hybridized carbons (Fsp3) is 0.200. The van der Waals surface area contributed by atoms with E-state index in [2.05, 4.69) is 10.3 Å². The van der Waals surface area contributed by atoms with Crippen molar-refractivity contribution in [3.8, 4) is 0 Å². The number of hydrogen-bond donors (Lipinski definition) is 2. The first kappa shape index (κ1) is 13.2. The van der Waals surface area contributed by atoms with E-state index >= 15 is 0 Å². The summed E-state index contributed by atoms with van der Waals surface area (Å²) in [5.74, 6) is -0.847. The van der Waals surface area contributed by atoms with E-state index in [4.69, 9.17) is 0 Å². The van der Waals surface area contributed by atoms with Crippen molar-refractivity contribution in [2.75, 3.05) is 0 Å². The number of pyridine rings is 1. The molecule has 0 amide bonds. The van der Waals surface area contributed by atoms with Crippen LogP contribution in [0.2, 0.25) is 0 Å². The van der Waals surface area contributed by atoms with E-state index < -0.39 is 12.0 Å². The topological polar surface area (TPSA) is 62.2 Å². The van der Waals surface area contributed by atoms with E-state index in [1.54, 1.807) is 6.20 Å². The Bertz CT molecular complexity index is 514. The van der Waals surface area contributed by atoms with Gasteiger partial charge < -0.3 is 5.11 Å². The maximum absolute atomic E-state index is 11.2. The third-order valence-electron chi connectivity index (χ3n) is 2.84. The van der Waals surface area contributed by atoms with Gasteiger partial charge in [-0.1, -0.05) is 36.4 Å². The number of nitrogens with zero attached hydrogens (tertiary/aromatic N) is 1. The average Bonchev–Trinajstić information content (AvgIpc) is 2.45. The maximum atomic E-state index is 11.2. The summed E-state index contributed by atoms with van der Waals surface area (Å²) in [6, 6.07) is 14.6. The van der Waals surface area contributed by atoms with Crippen molar-refractivity contribution in [2.24, 2.45) is 0 Å². The van der Waals surface area contributed by atoms with Crippen LogP contribution in [0, 0.1) is 0 Å². The van der Waals surface area contributed by atoms with Gasteiger partial charge in [-0.05, 0) is 24.1 Å². The van der Waals surface area contributed by atoms with Gasteiger partial charge in [-0.25, -0.2) is 0 Å². The highest BCUT2D eigenvalue weighted by atomic mass is 16.4. The summed E-state index contributed by atoms with van der Waals surface area (Å²) >= 11 is 0. The summed E-state index contributed by atoms with van der Waals surface area (Å²) in [7, 11) is 0. The van der Waals surface area contributed by atoms with Gasteiger partial charge in [0.1, 0.15) is 6.04 Å². The molecule has 0 saturated carbocycles. The minimum absolute atomic E-state index is 0.449. The third-order valence-corrected chi connectivity index (χ3v) is 2.84. The highest BCUT2D eigenvalue weighted by molar-refractivity contribution is 5.73. The van der Waals surface area contributed by atoms with Crippen LogP contribution in [-0.4, -0.2) is 22.1 Å². The minimum atomic E-state index is -0.847. The molecule has 0 bridgehead atoms. The van der Waals surface area contributed by atoms with E-state index in [-0.39, 0.29) is 0 Å². The summed E-state index contributed by atoms with van der Waals surface area (Å²) < 4.78 is 0. The molecule has 0 fully saturated rings. The summed E-state index contributed by atoms with van der Waals surface area (Å²) in [5.41, 5.74) is 1.84. The van der Waals surface area contributed by atoms with E-state index in [1.807, 2.05) is 48.5 Å². The zero-order valence-corrected chi connectivity index (χ0v) is 10.5. The van der Waals surface area contributed by atoms with Crippen LogP contribution in [0.5, 0.6) is 0 Å². The highest BCUT2D eigenvalue weighted by Gasteiger charge is 2.17. The van der Waals surface area contributed by atoms with Gasteiger partial charge in [0.2, 0.25) is 0 Å². The van der Waals surface area contributed by atoms with Crippen molar-refractivity contribution < 1.29 is 9.90 Å². The van der Waals surface area contributed by atoms with Crippen LogP contribution in [0.3, 0.4) is 0 Å². The lowest BCUT2D eigenvalue weighted by Gasteiger charge is -2.14. The normalized spacial score (nSPS) is 12.0. The number of aromatic nitrogens is 1. The van der Waals surface area contributed by atoms with Crippen LogP contribution < -0.4 is 5.32 Å². The molecule has 98 valence electrons. The molecular weight excluding hydrogens is 240 g/mol. The van der Waals surface area contributed by atoms with Gasteiger partial charge in [-0.2, -0.15) is 0 Å². The highest BCUT2D eigenvalue weighted by Crippen LogP contribution is 2.04. The Hall–Kier alpha value is -2.20. The number of benzene rings is 1. The van der Waals surface area contributed by atoms with Gasteiger partial charge in [0.25, 0.3) is 0 Å². The lowest BCUT2D eigenvalue weighted by Crippen LogP contribution is -2.38. The predicted octanol–water partition coefficient (Wildman–Crippen LogP) is 1.87. The molecular formula is C15H16N2O2. The van der Waals surface area contributed by atoms with Gasteiger partial charge in [0.05, 0.1) is 5.69 Å². The van der Waals surface area contributed by atoms with Gasteiger partial charge >= 0.3 is 5.97 Å². The molecule has 1 unspecified atom stereocenters. The molecule has 1 atom stereocenters. The van der Waals surface area contributed by atoms with Crippen molar-refractivity contribution in [1.29, 1.82) is 0 Å². The molecule has 2 aromatic rings. The first-order valence-corrected chi connectivity index (χ1v) is 6.16. The molecule has 19 heavy (non-hydrogen) atoms. The molecule has 0 radical (unpaired) electrons. The number of aliphatic carboxylic acids is 1. The number of nitrogens with one attached hydrogen (secondary N) is 1. The Labute approximate surface area is 112 Å². The third kappa shape index (κ3) is 4.19. The van der Waals surface area contributed by atoms with Crippen molar-refractivity contribution in [3.05, 3.63) is 66.0 Å². The molecule has 0 aliphatic carbocycles. The lowest BCUT2D eigenvalue weighted by atomic mass is 10.1. The molecule has 2 rings (SSSR count). The second kappa shape index (κ2) is 6.66. The van der Waals surface area contributed by atoms with Crippen molar-refractivity contribution >= 4 is 5.97 Å². The zero-order chi connectivity index (χ0) is 13.5. The van der Waals surface area contributed by atoms with Crippen molar-refractivity contribution in [3.63, 3.8) is 0 Å². The number of carbonyl (C=O) groups is 1. The summed E-state index contributed by atoms with van der Waals surface area (Å²) in [5, 5.41) is 12.3. The fourth-order valence-corrected chi connectivity index (χ4v) is 1.83. The molecule has 1 heterocycles. The molecule has 0 spiro atoms. The van der Waals surface area contributed by atoms with Crippen molar-refractivity contribution in [2.45, 2.75) is 19.0 Å². The van der Waals surface area contributed by atoms with Gasteiger partial charge in [0.15, 0.2) is 0 Å². The van der Waals surface area contributed by atoms with Gasteiger partial charge in [-0.15, -0.1) is 0 Å². The van der Waals surface area contributed by atoms with Crippen LogP contribution in [0.1, 0.15) is 11.3 Å². The zero-order valence-electron chi connectivity index (χ0n) is 10.5. The Balaban J connectivity index is 1.95. The predicted molar refractivity (Wildman–Crippen MR) is 72.6 cm³/mol. The Kier molecular flexibility index (Phi) is 4.64. The van der Waals surface area contributed by atoms with Crippen LogP contribution in [0.15, 0.2) is 54.7 Å². The smallest absolute Gasteiger partial charge is 0.321 e. The Morgan fingerprint density at radius 3 is 2.53 bits per heavy atom. The Morgan fingerprint density at radius 2 is 1.89 bits per heavy atom. The first-order chi connectivity index (χ1) is 9.25. The molecule has 0 aliphatic rings. The summed E-state index contributed by atoms with van der Waals surface area (Å²) in [6.07, 6.45) is 2.16. The number of rotatable bonds is 6. The van der Waals surface area contributed by atoms with Crippen LogP contribution in [-0.2, 0) is 17.8 Å².